The van der Waals surface area contributed by atoms with E-state index in [4.69, 9.17) is 4.74 Å². The second-order valence-corrected chi connectivity index (χ2v) is 6.30. The highest BCUT2D eigenvalue weighted by Gasteiger charge is 2.12. The number of methoxy groups -OCH3 is 1. The zero-order chi connectivity index (χ0) is 19.3. The third-order valence-electron chi connectivity index (χ3n) is 4.44. The van der Waals surface area contributed by atoms with Crippen molar-refractivity contribution < 1.29 is 9.53 Å². The van der Waals surface area contributed by atoms with Gasteiger partial charge >= 0.3 is 0 Å². The van der Waals surface area contributed by atoms with Crippen molar-refractivity contribution in [2.24, 2.45) is 0 Å². The van der Waals surface area contributed by atoms with Gasteiger partial charge in [0.05, 0.1) is 12.8 Å². The van der Waals surface area contributed by atoms with E-state index in [1.54, 1.807) is 13.2 Å². The van der Waals surface area contributed by atoms with Crippen molar-refractivity contribution in [2.45, 2.75) is 0 Å². The first-order valence-corrected chi connectivity index (χ1v) is 8.89. The van der Waals surface area contributed by atoms with Gasteiger partial charge in [-0.05, 0) is 41.5 Å². The molecule has 1 amide bonds. The summed E-state index contributed by atoms with van der Waals surface area (Å²) < 4.78 is 5.23. The summed E-state index contributed by atoms with van der Waals surface area (Å²) in [4.78, 5) is 12.5. The topological polar surface area (TPSA) is 67.0 Å². The molecule has 0 aliphatic carbocycles. The average Bonchev–Trinajstić information content (AvgIpc) is 3.25. The van der Waals surface area contributed by atoms with Crippen molar-refractivity contribution in [1.82, 2.24) is 10.2 Å². The summed E-state index contributed by atoms with van der Waals surface area (Å²) in [5.41, 5.74) is 4.91. The zero-order valence-corrected chi connectivity index (χ0v) is 15.3. The first kappa shape index (κ1) is 17.5. The van der Waals surface area contributed by atoms with Crippen LogP contribution >= 0.6 is 0 Å². The van der Waals surface area contributed by atoms with E-state index in [0.717, 1.165) is 28.1 Å². The molecule has 1 aromatic heterocycles. The molecule has 0 saturated heterocycles. The second kappa shape index (κ2) is 7.80. The summed E-state index contributed by atoms with van der Waals surface area (Å²) in [6.07, 6.45) is 0. The van der Waals surface area contributed by atoms with E-state index in [1.807, 2.05) is 66.7 Å². The molecule has 0 aliphatic rings. The molecule has 0 unspecified atom stereocenters. The number of amides is 1. The summed E-state index contributed by atoms with van der Waals surface area (Å²) in [6.45, 7) is 0. The molecule has 0 bridgehead atoms. The standard InChI is InChI=1S/C23H19N3O2/c1-28-20-9-5-8-18(14-20)21-15-22(26-25-21)23(27)24-19-12-10-17(11-13-19)16-6-3-2-4-7-16/h2-15H,1H3,(H,24,27)(H,25,26). The number of nitrogens with one attached hydrogen (secondary N) is 2. The predicted molar refractivity (Wildman–Crippen MR) is 110 cm³/mol. The number of carbonyl (C=O) groups is 1. The molecule has 5 heteroatoms. The molecule has 2 N–H and O–H groups in total. The lowest BCUT2D eigenvalue weighted by Crippen LogP contribution is -2.12. The number of hydrogen-bond acceptors (Lipinski definition) is 3. The highest BCUT2D eigenvalue weighted by atomic mass is 16.5. The number of H-pyrrole nitrogens is 1. The van der Waals surface area contributed by atoms with Crippen molar-refractivity contribution in [1.29, 1.82) is 0 Å². The van der Waals surface area contributed by atoms with Crippen LogP contribution in [-0.2, 0) is 0 Å². The lowest BCUT2D eigenvalue weighted by molar-refractivity contribution is 0.102. The first-order valence-electron chi connectivity index (χ1n) is 8.89. The van der Waals surface area contributed by atoms with Crippen LogP contribution in [0.1, 0.15) is 10.5 Å². The van der Waals surface area contributed by atoms with E-state index < -0.39 is 0 Å². The van der Waals surface area contributed by atoms with Crippen LogP contribution in [0.3, 0.4) is 0 Å². The Kier molecular flexibility index (Phi) is 4.89. The van der Waals surface area contributed by atoms with Gasteiger partial charge in [-0.2, -0.15) is 5.10 Å². The summed E-state index contributed by atoms with van der Waals surface area (Å²) in [7, 11) is 1.62. The molecule has 0 fully saturated rings. The number of carbonyl (C=O) groups excluding carboxylic acids is 1. The Hall–Kier alpha value is -3.86. The van der Waals surface area contributed by atoms with E-state index in [-0.39, 0.29) is 5.91 Å². The number of aromatic amines is 1. The Labute approximate surface area is 163 Å². The van der Waals surface area contributed by atoms with Crippen LogP contribution in [0.4, 0.5) is 5.69 Å². The van der Waals surface area contributed by atoms with Crippen molar-refractivity contribution in [3.05, 3.63) is 90.6 Å². The summed E-state index contributed by atoms with van der Waals surface area (Å²) >= 11 is 0. The maximum Gasteiger partial charge on any atom is 0.273 e. The van der Waals surface area contributed by atoms with Crippen LogP contribution < -0.4 is 10.1 Å². The molecule has 1 heterocycles. The van der Waals surface area contributed by atoms with E-state index in [9.17, 15) is 4.79 Å². The summed E-state index contributed by atoms with van der Waals surface area (Å²) in [6, 6.07) is 27.1. The minimum Gasteiger partial charge on any atom is -0.497 e. The quantitative estimate of drug-likeness (QED) is 0.520. The third-order valence-corrected chi connectivity index (χ3v) is 4.44. The Morgan fingerprint density at radius 3 is 2.32 bits per heavy atom. The van der Waals surface area contributed by atoms with Crippen molar-refractivity contribution in [3.63, 3.8) is 0 Å². The fraction of sp³-hybridized carbons (Fsp3) is 0.0435. The highest BCUT2D eigenvalue weighted by molar-refractivity contribution is 6.03. The molecular weight excluding hydrogens is 350 g/mol. The van der Waals surface area contributed by atoms with Crippen LogP contribution in [-0.4, -0.2) is 23.2 Å². The number of ether oxygens (including phenoxy) is 1. The molecule has 0 saturated carbocycles. The number of hydrogen-bond donors (Lipinski definition) is 2. The van der Waals surface area contributed by atoms with Gasteiger partial charge in [0.15, 0.2) is 0 Å². The van der Waals surface area contributed by atoms with E-state index >= 15 is 0 Å². The predicted octanol–water partition coefficient (Wildman–Crippen LogP) is 5.00. The van der Waals surface area contributed by atoms with Gasteiger partial charge in [0.2, 0.25) is 0 Å². The lowest BCUT2D eigenvalue weighted by atomic mass is 10.1. The van der Waals surface area contributed by atoms with Gasteiger partial charge in [-0.1, -0.05) is 54.6 Å². The fourth-order valence-electron chi connectivity index (χ4n) is 2.94. The van der Waals surface area contributed by atoms with Gasteiger partial charge in [0.1, 0.15) is 11.4 Å². The van der Waals surface area contributed by atoms with Crippen LogP contribution in [0.25, 0.3) is 22.4 Å². The van der Waals surface area contributed by atoms with Gasteiger partial charge in [0, 0.05) is 11.3 Å². The minimum absolute atomic E-state index is 0.242. The third kappa shape index (κ3) is 3.78. The largest absolute Gasteiger partial charge is 0.497 e. The molecule has 138 valence electrons. The lowest BCUT2D eigenvalue weighted by Gasteiger charge is -2.06. The van der Waals surface area contributed by atoms with Gasteiger partial charge in [-0.25, -0.2) is 0 Å². The molecule has 0 radical (unpaired) electrons. The maximum absolute atomic E-state index is 12.5. The summed E-state index contributed by atoms with van der Waals surface area (Å²) in [5, 5.41) is 9.92. The van der Waals surface area contributed by atoms with Gasteiger partial charge in [-0.15, -0.1) is 0 Å². The van der Waals surface area contributed by atoms with Gasteiger partial charge in [0.25, 0.3) is 5.91 Å². The molecule has 4 aromatic rings. The zero-order valence-electron chi connectivity index (χ0n) is 15.3. The first-order chi connectivity index (χ1) is 13.7. The molecule has 0 aliphatic heterocycles. The molecule has 4 rings (SSSR count). The van der Waals surface area contributed by atoms with Crippen LogP contribution in [0, 0.1) is 0 Å². The summed E-state index contributed by atoms with van der Waals surface area (Å²) in [5.74, 6) is 0.499. The van der Waals surface area contributed by atoms with Crippen molar-refractivity contribution in [2.75, 3.05) is 12.4 Å². The van der Waals surface area contributed by atoms with Crippen LogP contribution in [0.15, 0.2) is 84.9 Å². The van der Waals surface area contributed by atoms with Gasteiger partial charge in [-0.3, -0.25) is 9.89 Å². The van der Waals surface area contributed by atoms with E-state index in [1.165, 1.54) is 0 Å². The molecule has 3 aromatic carbocycles. The molecule has 28 heavy (non-hydrogen) atoms. The Morgan fingerprint density at radius 2 is 1.57 bits per heavy atom. The normalized spacial score (nSPS) is 10.5. The molecule has 5 nitrogen and oxygen atoms in total. The monoisotopic (exact) mass is 369 g/mol. The number of aromatic nitrogens is 2. The SMILES string of the molecule is COc1cccc(-c2cc(C(=O)Nc3ccc(-c4ccccc4)cc3)[nH]n2)c1. The minimum atomic E-state index is -0.242. The van der Waals surface area contributed by atoms with Crippen molar-refractivity contribution in [3.8, 4) is 28.1 Å². The van der Waals surface area contributed by atoms with E-state index in [0.29, 0.717) is 11.4 Å². The van der Waals surface area contributed by atoms with E-state index in [2.05, 4.69) is 27.6 Å². The molecule has 0 spiro atoms. The average molecular weight is 369 g/mol. The van der Waals surface area contributed by atoms with Crippen molar-refractivity contribution >= 4 is 11.6 Å². The Balaban J connectivity index is 1.47. The smallest absolute Gasteiger partial charge is 0.273 e. The molecular formula is C23H19N3O2. The maximum atomic E-state index is 12.5. The van der Waals surface area contributed by atoms with Gasteiger partial charge < -0.3 is 10.1 Å². The Bertz CT molecular complexity index is 1090. The number of anilines is 1. The Morgan fingerprint density at radius 1 is 0.857 bits per heavy atom. The highest BCUT2D eigenvalue weighted by Crippen LogP contribution is 2.24. The molecule has 0 atom stereocenters. The number of nitrogens with zero attached hydrogens (tertiary/aromatic N) is 1. The van der Waals surface area contributed by atoms with Crippen LogP contribution in [0.2, 0.25) is 0 Å². The fourth-order valence-corrected chi connectivity index (χ4v) is 2.94. The number of rotatable bonds is 5. The number of benzene rings is 3. The van der Waals surface area contributed by atoms with Crippen LogP contribution in [0.5, 0.6) is 5.75 Å². The second-order valence-electron chi connectivity index (χ2n) is 6.30.